The van der Waals surface area contributed by atoms with Gasteiger partial charge in [-0.3, -0.25) is 4.90 Å². The molecule has 1 aromatic carbocycles. The maximum absolute atomic E-state index is 9.51. The van der Waals surface area contributed by atoms with Crippen LogP contribution in [0.2, 0.25) is 0 Å². The standard InChI is InChI=1S/C15H24N2O/c1-2-16-15-8-9-17(11-14(15)12-18)10-13-6-4-3-5-7-13/h3-7,14-16,18H,2,8-12H2,1H3/t14-,15+/m0/s1. The Balaban J connectivity index is 1.89. The minimum atomic E-state index is 0.281. The number of hydrogen-bond acceptors (Lipinski definition) is 3. The Labute approximate surface area is 110 Å². The Morgan fingerprint density at radius 3 is 2.78 bits per heavy atom. The molecule has 0 aliphatic carbocycles. The van der Waals surface area contributed by atoms with Crippen molar-refractivity contribution in [1.29, 1.82) is 0 Å². The van der Waals surface area contributed by atoms with Crippen LogP contribution in [-0.2, 0) is 6.54 Å². The molecule has 0 saturated carbocycles. The van der Waals surface area contributed by atoms with Gasteiger partial charge in [0, 0.05) is 31.7 Å². The summed E-state index contributed by atoms with van der Waals surface area (Å²) in [4.78, 5) is 2.45. The van der Waals surface area contributed by atoms with Gasteiger partial charge < -0.3 is 10.4 Å². The first-order chi connectivity index (χ1) is 8.83. The molecule has 0 amide bonds. The lowest BCUT2D eigenvalue weighted by molar-refractivity contribution is 0.0863. The lowest BCUT2D eigenvalue weighted by Gasteiger charge is -2.38. The highest BCUT2D eigenvalue weighted by molar-refractivity contribution is 5.14. The average molecular weight is 248 g/mol. The fourth-order valence-electron chi connectivity index (χ4n) is 2.81. The monoisotopic (exact) mass is 248 g/mol. The van der Waals surface area contributed by atoms with E-state index in [0.29, 0.717) is 12.0 Å². The van der Waals surface area contributed by atoms with Crippen molar-refractivity contribution >= 4 is 0 Å². The summed E-state index contributed by atoms with van der Waals surface area (Å²) in [6.45, 7) is 6.50. The molecule has 3 nitrogen and oxygen atoms in total. The molecule has 1 aliphatic rings. The summed E-state index contributed by atoms with van der Waals surface area (Å²) in [7, 11) is 0. The third-order valence-corrected chi connectivity index (χ3v) is 3.77. The Hall–Kier alpha value is -0.900. The molecule has 1 aliphatic heterocycles. The smallest absolute Gasteiger partial charge is 0.0486 e. The van der Waals surface area contributed by atoms with E-state index in [2.05, 4.69) is 47.5 Å². The van der Waals surface area contributed by atoms with Crippen molar-refractivity contribution in [3.63, 3.8) is 0 Å². The van der Waals surface area contributed by atoms with Gasteiger partial charge in [-0.15, -0.1) is 0 Å². The summed E-state index contributed by atoms with van der Waals surface area (Å²) in [6, 6.07) is 11.0. The Morgan fingerprint density at radius 2 is 2.11 bits per heavy atom. The molecule has 1 aromatic rings. The Morgan fingerprint density at radius 1 is 1.33 bits per heavy atom. The number of piperidine rings is 1. The molecular weight excluding hydrogens is 224 g/mol. The maximum atomic E-state index is 9.51. The van der Waals surface area contributed by atoms with E-state index in [-0.39, 0.29) is 6.61 Å². The summed E-state index contributed by atoms with van der Waals surface area (Å²) >= 11 is 0. The number of likely N-dealkylation sites (tertiary alicyclic amines) is 1. The third kappa shape index (κ3) is 3.55. The van der Waals surface area contributed by atoms with E-state index in [1.165, 1.54) is 5.56 Å². The maximum Gasteiger partial charge on any atom is 0.0486 e. The van der Waals surface area contributed by atoms with E-state index < -0.39 is 0 Å². The number of rotatable bonds is 5. The molecule has 1 saturated heterocycles. The van der Waals surface area contributed by atoms with Crippen LogP contribution in [0.15, 0.2) is 30.3 Å². The highest BCUT2D eigenvalue weighted by atomic mass is 16.3. The second-order valence-corrected chi connectivity index (χ2v) is 5.12. The number of nitrogens with one attached hydrogen (secondary N) is 1. The van der Waals surface area contributed by atoms with Crippen molar-refractivity contribution in [2.75, 3.05) is 26.2 Å². The van der Waals surface area contributed by atoms with Crippen LogP contribution in [0.4, 0.5) is 0 Å². The molecular formula is C15H24N2O. The SMILES string of the molecule is CCN[C@@H]1CCN(Cc2ccccc2)C[C@H]1CO. The topological polar surface area (TPSA) is 35.5 Å². The molecule has 0 radical (unpaired) electrons. The van der Waals surface area contributed by atoms with Crippen LogP contribution < -0.4 is 5.32 Å². The van der Waals surface area contributed by atoms with Crippen molar-refractivity contribution in [2.24, 2.45) is 5.92 Å². The van der Waals surface area contributed by atoms with Gasteiger partial charge in [0.1, 0.15) is 0 Å². The number of aliphatic hydroxyl groups is 1. The van der Waals surface area contributed by atoms with Gasteiger partial charge in [-0.2, -0.15) is 0 Å². The largest absolute Gasteiger partial charge is 0.396 e. The summed E-state index contributed by atoms with van der Waals surface area (Å²) in [5.74, 6) is 0.363. The Kier molecular flexibility index (Phi) is 5.17. The van der Waals surface area contributed by atoms with Gasteiger partial charge in [0.2, 0.25) is 0 Å². The molecule has 0 aromatic heterocycles. The molecule has 0 spiro atoms. The van der Waals surface area contributed by atoms with E-state index in [4.69, 9.17) is 0 Å². The van der Waals surface area contributed by atoms with Gasteiger partial charge in [-0.1, -0.05) is 37.3 Å². The van der Waals surface area contributed by atoms with Crippen molar-refractivity contribution in [3.05, 3.63) is 35.9 Å². The van der Waals surface area contributed by atoms with Crippen LogP contribution in [-0.4, -0.2) is 42.3 Å². The van der Waals surface area contributed by atoms with Crippen LogP contribution >= 0.6 is 0 Å². The summed E-state index contributed by atoms with van der Waals surface area (Å²) in [5, 5.41) is 13.0. The minimum Gasteiger partial charge on any atom is -0.396 e. The van der Waals surface area contributed by atoms with Crippen LogP contribution in [0.5, 0.6) is 0 Å². The van der Waals surface area contributed by atoms with Gasteiger partial charge in [-0.05, 0) is 25.1 Å². The van der Waals surface area contributed by atoms with Crippen LogP contribution in [0.3, 0.4) is 0 Å². The third-order valence-electron chi connectivity index (χ3n) is 3.77. The van der Waals surface area contributed by atoms with Gasteiger partial charge in [0.25, 0.3) is 0 Å². The van der Waals surface area contributed by atoms with Crippen LogP contribution in [0, 0.1) is 5.92 Å². The van der Waals surface area contributed by atoms with E-state index in [1.54, 1.807) is 0 Å². The normalized spacial score (nSPS) is 25.2. The average Bonchev–Trinajstić information content (AvgIpc) is 2.42. The summed E-state index contributed by atoms with van der Waals surface area (Å²) < 4.78 is 0. The number of aliphatic hydroxyl groups excluding tert-OH is 1. The predicted molar refractivity (Wildman–Crippen MR) is 74.4 cm³/mol. The zero-order chi connectivity index (χ0) is 12.8. The minimum absolute atomic E-state index is 0.281. The van der Waals surface area contributed by atoms with Crippen molar-refractivity contribution in [2.45, 2.75) is 25.9 Å². The van der Waals surface area contributed by atoms with E-state index >= 15 is 0 Å². The van der Waals surface area contributed by atoms with Crippen molar-refractivity contribution in [3.8, 4) is 0 Å². The van der Waals surface area contributed by atoms with Gasteiger partial charge >= 0.3 is 0 Å². The van der Waals surface area contributed by atoms with Crippen LogP contribution in [0.25, 0.3) is 0 Å². The molecule has 1 fully saturated rings. The molecule has 2 rings (SSSR count). The first-order valence-electron chi connectivity index (χ1n) is 6.94. The Bertz CT molecular complexity index is 342. The highest BCUT2D eigenvalue weighted by Gasteiger charge is 2.27. The number of hydrogen-bond donors (Lipinski definition) is 2. The predicted octanol–water partition coefficient (Wildman–Crippen LogP) is 1.48. The first-order valence-corrected chi connectivity index (χ1v) is 6.94. The highest BCUT2D eigenvalue weighted by Crippen LogP contribution is 2.18. The van der Waals surface area contributed by atoms with Crippen molar-refractivity contribution < 1.29 is 5.11 Å². The second kappa shape index (κ2) is 6.88. The quantitative estimate of drug-likeness (QED) is 0.828. The zero-order valence-electron chi connectivity index (χ0n) is 11.2. The molecule has 0 bridgehead atoms. The number of benzene rings is 1. The van der Waals surface area contributed by atoms with Gasteiger partial charge in [0.15, 0.2) is 0 Å². The molecule has 1 heterocycles. The summed E-state index contributed by atoms with van der Waals surface area (Å²) in [5.41, 5.74) is 1.36. The second-order valence-electron chi connectivity index (χ2n) is 5.12. The van der Waals surface area contributed by atoms with Gasteiger partial charge in [0.05, 0.1) is 0 Å². The zero-order valence-corrected chi connectivity index (χ0v) is 11.2. The summed E-state index contributed by atoms with van der Waals surface area (Å²) in [6.07, 6.45) is 1.13. The molecule has 3 heteroatoms. The lowest BCUT2D eigenvalue weighted by Crippen LogP contribution is -2.50. The van der Waals surface area contributed by atoms with E-state index in [0.717, 1.165) is 32.6 Å². The first kappa shape index (κ1) is 13.5. The number of nitrogens with zero attached hydrogens (tertiary/aromatic N) is 1. The molecule has 18 heavy (non-hydrogen) atoms. The van der Waals surface area contributed by atoms with Crippen LogP contribution in [0.1, 0.15) is 18.9 Å². The molecule has 2 N–H and O–H groups in total. The molecule has 0 unspecified atom stereocenters. The molecule has 100 valence electrons. The fourth-order valence-corrected chi connectivity index (χ4v) is 2.81. The van der Waals surface area contributed by atoms with E-state index in [1.807, 2.05) is 0 Å². The van der Waals surface area contributed by atoms with Crippen molar-refractivity contribution in [1.82, 2.24) is 10.2 Å². The molecule has 2 atom stereocenters. The fraction of sp³-hybridized carbons (Fsp3) is 0.600. The van der Waals surface area contributed by atoms with Gasteiger partial charge in [-0.25, -0.2) is 0 Å². The van der Waals surface area contributed by atoms with E-state index in [9.17, 15) is 5.11 Å². The lowest BCUT2D eigenvalue weighted by atomic mass is 9.92.